The molecule has 1 heterocycles. The highest BCUT2D eigenvalue weighted by Gasteiger charge is 2.25. The first-order valence-electron chi connectivity index (χ1n) is 10.4. The van der Waals surface area contributed by atoms with Gasteiger partial charge in [-0.25, -0.2) is 9.79 Å². The standard InChI is InChI=1S/C26H23NO5/c1-3-29-23-14-13-19(17-24(23)30-4-2)25-27-22(26(28)32-25)16-18-9-8-12-21(15-18)31-20-10-6-5-7-11-20/h5-17H,3-4H2,1-2H3. The Labute approximate surface area is 186 Å². The van der Waals surface area contributed by atoms with Gasteiger partial charge in [-0.05, 0) is 68.0 Å². The summed E-state index contributed by atoms with van der Waals surface area (Å²) < 4.78 is 22.5. The Balaban J connectivity index is 1.58. The second-order valence-electron chi connectivity index (χ2n) is 6.85. The molecule has 0 bridgehead atoms. The normalized spacial score (nSPS) is 14.1. The van der Waals surface area contributed by atoms with Crippen LogP contribution in [-0.2, 0) is 9.53 Å². The van der Waals surface area contributed by atoms with E-state index in [1.54, 1.807) is 24.3 Å². The first-order valence-corrected chi connectivity index (χ1v) is 10.4. The number of hydrogen-bond acceptors (Lipinski definition) is 6. The third-order valence-electron chi connectivity index (χ3n) is 4.55. The van der Waals surface area contributed by atoms with Gasteiger partial charge in [0.05, 0.1) is 13.2 Å². The first kappa shape index (κ1) is 21.2. The minimum Gasteiger partial charge on any atom is -0.490 e. The summed E-state index contributed by atoms with van der Waals surface area (Å²) in [6.07, 6.45) is 1.67. The van der Waals surface area contributed by atoms with Gasteiger partial charge in [-0.1, -0.05) is 30.3 Å². The quantitative estimate of drug-likeness (QED) is 0.343. The molecule has 0 radical (unpaired) electrons. The molecule has 6 heteroatoms. The fourth-order valence-electron chi connectivity index (χ4n) is 3.17. The zero-order chi connectivity index (χ0) is 22.3. The fraction of sp³-hybridized carbons (Fsp3) is 0.154. The molecule has 1 aliphatic heterocycles. The van der Waals surface area contributed by atoms with Crippen molar-refractivity contribution in [3.8, 4) is 23.0 Å². The van der Waals surface area contributed by atoms with Crippen LogP contribution in [0.15, 0.2) is 83.5 Å². The van der Waals surface area contributed by atoms with Crippen molar-refractivity contribution in [2.45, 2.75) is 13.8 Å². The van der Waals surface area contributed by atoms with E-state index in [1.807, 2.05) is 68.4 Å². The smallest absolute Gasteiger partial charge is 0.363 e. The number of benzene rings is 3. The van der Waals surface area contributed by atoms with Crippen LogP contribution in [-0.4, -0.2) is 25.1 Å². The molecule has 1 aliphatic rings. The maximum Gasteiger partial charge on any atom is 0.363 e. The maximum absolute atomic E-state index is 12.4. The summed E-state index contributed by atoms with van der Waals surface area (Å²) in [5.74, 6) is 2.32. The van der Waals surface area contributed by atoms with Crippen LogP contribution in [0.25, 0.3) is 6.08 Å². The van der Waals surface area contributed by atoms with Crippen molar-refractivity contribution >= 4 is 17.9 Å². The van der Waals surface area contributed by atoms with Crippen molar-refractivity contribution in [3.63, 3.8) is 0 Å². The summed E-state index contributed by atoms with van der Waals surface area (Å²) in [7, 11) is 0. The average Bonchev–Trinajstić information content (AvgIpc) is 3.16. The highest BCUT2D eigenvalue weighted by molar-refractivity contribution is 6.13. The Kier molecular flexibility index (Phi) is 6.51. The van der Waals surface area contributed by atoms with E-state index in [0.29, 0.717) is 36.0 Å². The minimum absolute atomic E-state index is 0.212. The lowest BCUT2D eigenvalue weighted by molar-refractivity contribution is -0.129. The van der Waals surface area contributed by atoms with Crippen molar-refractivity contribution in [1.29, 1.82) is 0 Å². The number of nitrogens with zero attached hydrogens (tertiary/aromatic N) is 1. The molecule has 0 fully saturated rings. The average molecular weight is 429 g/mol. The van der Waals surface area contributed by atoms with Gasteiger partial charge in [0.25, 0.3) is 0 Å². The third kappa shape index (κ3) is 4.98. The summed E-state index contributed by atoms with van der Waals surface area (Å²) in [5, 5.41) is 0. The van der Waals surface area contributed by atoms with E-state index in [-0.39, 0.29) is 11.6 Å². The van der Waals surface area contributed by atoms with E-state index < -0.39 is 5.97 Å². The second-order valence-corrected chi connectivity index (χ2v) is 6.85. The summed E-state index contributed by atoms with van der Waals surface area (Å²) in [4.78, 5) is 16.8. The van der Waals surface area contributed by atoms with Crippen LogP contribution in [0.5, 0.6) is 23.0 Å². The fourth-order valence-corrected chi connectivity index (χ4v) is 3.17. The number of carbonyl (C=O) groups excluding carboxylic acids is 1. The lowest BCUT2D eigenvalue weighted by Crippen LogP contribution is -2.06. The molecule has 4 rings (SSSR count). The minimum atomic E-state index is -0.513. The van der Waals surface area contributed by atoms with Gasteiger partial charge >= 0.3 is 5.97 Å². The van der Waals surface area contributed by atoms with Gasteiger partial charge < -0.3 is 18.9 Å². The predicted molar refractivity (Wildman–Crippen MR) is 122 cm³/mol. The van der Waals surface area contributed by atoms with Crippen molar-refractivity contribution < 1.29 is 23.7 Å². The third-order valence-corrected chi connectivity index (χ3v) is 4.55. The first-order chi connectivity index (χ1) is 15.7. The van der Waals surface area contributed by atoms with E-state index in [2.05, 4.69) is 4.99 Å². The van der Waals surface area contributed by atoms with E-state index in [4.69, 9.17) is 18.9 Å². The van der Waals surface area contributed by atoms with Crippen molar-refractivity contribution in [2.75, 3.05) is 13.2 Å². The zero-order valence-corrected chi connectivity index (χ0v) is 17.9. The number of rotatable bonds is 8. The lowest BCUT2D eigenvalue weighted by atomic mass is 10.2. The summed E-state index contributed by atoms with van der Waals surface area (Å²) in [5.41, 5.74) is 1.62. The molecular formula is C26H23NO5. The van der Waals surface area contributed by atoms with Crippen molar-refractivity contribution in [2.24, 2.45) is 4.99 Å². The topological polar surface area (TPSA) is 66.4 Å². The van der Waals surface area contributed by atoms with Gasteiger partial charge in [-0.2, -0.15) is 0 Å². The molecule has 0 atom stereocenters. The van der Waals surface area contributed by atoms with Crippen LogP contribution in [0.2, 0.25) is 0 Å². The van der Waals surface area contributed by atoms with Crippen LogP contribution >= 0.6 is 0 Å². The molecule has 3 aromatic rings. The van der Waals surface area contributed by atoms with Crippen molar-refractivity contribution in [1.82, 2.24) is 0 Å². The molecule has 0 unspecified atom stereocenters. The number of carbonyl (C=O) groups is 1. The Bertz CT molecular complexity index is 1170. The highest BCUT2D eigenvalue weighted by Crippen LogP contribution is 2.30. The van der Waals surface area contributed by atoms with Gasteiger partial charge in [0.15, 0.2) is 17.2 Å². The van der Waals surface area contributed by atoms with E-state index in [0.717, 1.165) is 11.3 Å². The van der Waals surface area contributed by atoms with Crippen LogP contribution in [0, 0.1) is 0 Å². The Morgan fingerprint density at radius 3 is 2.38 bits per heavy atom. The Hall–Kier alpha value is -4.06. The van der Waals surface area contributed by atoms with Gasteiger partial charge in [0, 0.05) is 5.56 Å². The number of cyclic esters (lactones) is 1. The summed E-state index contributed by atoms with van der Waals surface area (Å²) in [6.45, 7) is 4.81. The molecule has 0 saturated carbocycles. The number of aliphatic imine (C=N–C) groups is 1. The predicted octanol–water partition coefficient (Wildman–Crippen LogP) is 5.62. The monoisotopic (exact) mass is 429 g/mol. The molecule has 3 aromatic carbocycles. The maximum atomic E-state index is 12.4. The Morgan fingerprint density at radius 2 is 1.59 bits per heavy atom. The molecule has 6 nitrogen and oxygen atoms in total. The molecule has 0 amide bonds. The van der Waals surface area contributed by atoms with Gasteiger partial charge in [0.2, 0.25) is 5.90 Å². The van der Waals surface area contributed by atoms with Crippen molar-refractivity contribution in [3.05, 3.63) is 89.6 Å². The van der Waals surface area contributed by atoms with E-state index in [1.165, 1.54) is 0 Å². The van der Waals surface area contributed by atoms with Crippen LogP contribution < -0.4 is 14.2 Å². The van der Waals surface area contributed by atoms with E-state index in [9.17, 15) is 4.79 Å². The number of ether oxygens (including phenoxy) is 4. The van der Waals surface area contributed by atoms with Gasteiger partial charge in [-0.15, -0.1) is 0 Å². The zero-order valence-electron chi connectivity index (χ0n) is 17.9. The highest BCUT2D eigenvalue weighted by atomic mass is 16.6. The van der Waals surface area contributed by atoms with Gasteiger partial charge in [0.1, 0.15) is 11.5 Å². The van der Waals surface area contributed by atoms with E-state index >= 15 is 0 Å². The summed E-state index contributed by atoms with van der Waals surface area (Å²) in [6, 6.07) is 22.3. The Morgan fingerprint density at radius 1 is 0.844 bits per heavy atom. The number of esters is 1. The molecule has 0 N–H and O–H groups in total. The second kappa shape index (κ2) is 9.83. The van der Waals surface area contributed by atoms with Crippen LogP contribution in [0.3, 0.4) is 0 Å². The molecule has 162 valence electrons. The number of hydrogen-bond donors (Lipinski definition) is 0. The largest absolute Gasteiger partial charge is 0.490 e. The molecular weight excluding hydrogens is 406 g/mol. The molecule has 0 aromatic heterocycles. The van der Waals surface area contributed by atoms with Gasteiger partial charge in [-0.3, -0.25) is 0 Å². The van der Waals surface area contributed by atoms with Crippen LogP contribution in [0.1, 0.15) is 25.0 Å². The molecule has 0 aliphatic carbocycles. The summed E-state index contributed by atoms with van der Waals surface area (Å²) >= 11 is 0. The SMILES string of the molecule is CCOc1ccc(C2=NC(=Cc3cccc(Oc4ccccc4)c3)C(=O)O2)cc1OCC. The number of para-hydroxylation sites is 1. The lowest BCUT2D eigenvalue weighted by Gasteiger charge is -2.11. The molecule has 0 spiro atoms. The molecule has 32 heavy (non-hydrogen) atoms. The molecule has 0 saturated heterocycles. The van der Waals surface area contributed by atoms with Crippen LogP contribution in [0.4, 0.5) is 0 Å².